The van der Waals surface area contributed by atoms with Gasteiger partial charge in [-0.3, -0.25) is 24.1 Å². The Morgan fingerprint density at radius 2 is 1.88 bits per heavy atom. The number of aromatic nitrogens is 5. The molecule has 9 nitrogen and oxygen atoms in total. The summed E-state index contributed by atoms with van der Waals surface area (Å²) in [5.41, 5.74) is 1.66. The number of nitrogens with one attached hydrogen (secondary N) is 2. The molecule has 0 bridgehead atoms. The normalized spacial score (nSPS) is 11.5. The van der Waals surface area contributed by atoms with E-state index in [9.17, 15) is 14.4 Å². The SMILES string of the molecule is CC(C)Cn1c(=O)[nH]c(=O)c2c(C(=O)NCc3nc(-c4ccncc4)cs3)cc(C(C)C)nc21. The molecular formula is C24H26N6O3S. The fourth-order valence-electron chi connectivity index (χ4n) is 3.60. The fourth-order valence-corrected chi connectivity index (χ4v) is 4.34. The quantitative estimate of drug-likeness (QED) is 0.420. The van der Waals surface area contributed by atoms with Crippen molar-refractivity contribution in [1.29, 1.82) is 0 Å². The predicted molar refractivity (Wildman–Crippen MR) is 132 cm³/mol. The van der Waals surface area contributed by atoms with Crippen LogP contribution >= 0.6 is 11.3 Å². The largest absolute Gasteiger partial charge is 0.345 e. The molecule has 10 heteroatoms. The summed E-state index contributed by atoms with van der Waals surface area (Å²) in [4.78, 5) is 54.1. The Kier molecular flexibility index (Phi) is 6.69. The zero-order chi connectivity index (χ0) is 24.4. The van der Waals surface area contributed by atoms with Crippen molar-refractivity contribution in [3.8, 4) is 11.3 Å². The number of nitrogens with zero attached hydrogens (tertiary/aromatic N) is 4. The van der Waals surface area contributed by atoms with Gasteiger partial charge in [-0.2, -0.15) is 0 Å². The van der Waals surface area contributed by atoms with Crippen LogP contribution in [0.5, 0.6) is 0 Å². The fraction of sp³-hybridized carbons (Fsp3) is 0.333. The lowest BCUT2D eigenvalue weighted by atomic mass is 10.0. The molecule has 0 aliphatic heterocycles. The molecule has 0 spiro atoms. The van der Waals surface area contributed by atoms with Crippen LogP contribution in [-0.4, -0.2) is 30.4 Å². The van der Waals surface area contributed by atoms with E-state index < -0.39 is 17.2 Å². The van der Waals surface area contributed by atoms with Gasteiger partial charge in [-0.25, -0.2) is 14.8 Å². The maximum atomic E-state index is 13.2. The van der Waals surface area contributed by atoms with E-state index in [4.69, 9.17) is 0 Å². The molecule has 0 unspecified atom stereocenters. The second-order valence-electron chi connectivity index (χ2n) is 8.76. The summed E-state index contributed by atoms with van der Waals surface area (Å²) < 4.78 is 1.44. The van der Waals surface area contributed by atoms with Crippen molar-refractivity contribution in [2.75, 3.05) is 0 Å². The van der Waals surface area contributed by atoms with E-state index in [-0.39, 0.29) is 35.0 Å². The van der Waals surface area contributed by atoms with E-state index in [2.05, 4.69) is 25.3 Å². The van der Waals surface area contributed by atoms with Crippen LogP contribution in [0.4, 0.5) is 0 Å². The maximum absolute atomic E-state index is 13.2. The first-order valence-corrected chi connectivity index (χ1v) is 11.9. The highest BCUT2D eigenvalue weighted by Crippen LogP contribution is 2.22. The molecule has 34 heavy (non-hydrogen) atoms. The van der Waals surface area contributed by atoms with Crippen molar-refractivity contribution >= 4 is 28.3 Å². The van der Waals surface area contributed by atoms with Gasteiger partial charge in [0, 0.05) is 35.6 Å². The average molecular weight is 479 g/mol. The summed E-state index contributed by atoms with van der Waals surface area (Å²) in [5, 5.41) is 5.63. The Balaban J connectivity index is 1.70. The Labute approximate surface area is 199 Å². The summed E-state index contributed by atoms with van der Waals surface area (Å²) in [6, 6.07) is 5.37. The first-order valence-electron chi connectivity index (χ1n) is 11.0. The zero-order valence-electron chi connectivity index (χ0n) is 19.5. The number of thiazole rings is 1. The van der Waals surface area contributed by atoms with E-state index in [1.807, 2.05) is 45.2 Å². The van der Waals surface area contributed by atoms with Gasteiger partial charge in [-0.05, 0) is 30.0 Å². The van der Waals surface area contributed by atoms with E-state index in [1.165, 1.54) is 15.9 Å². The molecule has 4 aromatic rings. The first kappa shape index (κ1) is 23.5. The number of pyridine rings is 2. The van der Waals surface area contributed by atoms with Crippen LogP contribution < -0.4 is 16.6 Å². The van der Waals surface area contributed by atoms with Crippen molar-refractivity contribution in [3.05, 3.63) is 73.1 Å². The number of fused-ring (bicyclic) bond motifs is 1. The van der Waals surface area contributed by atoms with Gasteiger partial charge in [0.1, 0.15) is 5.01 Å². The van der Waals surface area contributed by atoms with Gasteiger partial charge in [0.05, 0.1) is 23.2 Å². The van der Waals surface area contributed by atoms with Crippen molar-refractivity contribution in [3.63, 3.8) is 0 Å². The number of H-pyrrole nitrogens is 1. The molecule has 0 aliphatic carbocycles. The third-order valence-corrected chi connectivity index (χ3v) is 6.13. The van der Waals surface area contributed by atoms with E-state index >= 15 is 0 Å². The monoisotopic (exact) mass is 478 g/mol. The molecule has 4 rings (SSSR count). The van der Waals surface area contributed by atoms with Gasteiger partial charge in [0.25, 0.3) is 11.5 Å². The van der Waals surface area contributed by atoms with E-state index in [0.29, 0.717) is 12.2 Å². The summed E-state index contributed by atoms with van der Waals surface area (Å²) in [6.45, 7) is 8.42. The summed E-state index contributed by atoms with van der Waals surface area (Å²) in [6.07, 6.45) is 3.40. The van der Waals surface area contributed by atoms with Gasteiger partial charge >= 0.3 is 5.69 Å². The highest BCUT2D eigenvalue weighted by molar-refractivity contribution is 7.09. The third kappa shape index (κ3) is 4.81. The van der Waals surface area contributed by atoms with Crippen molar-refractivity contribution in [1.82, 2.24) is 29.8 Å². The van der Waals surface area contributed by atoms with Gasteiger partial charge in [-0.15, -0.1) is 11.3 Å². The van der Waals surface area contributed by atoms with Crippen LogP contribution in [0.15, 0.2) is 45.6 Å². The number of hydrogen-bond acceptors (Lipinski definition) is 7. The number of rotatable bonds is 7. The molecule has 176 valence electrons. The van der Waals surface area contributed by atoms with Crippen LogP contribution in [0.25, 0.3) is 22.3 Å². The zero-order valence-corrected chi connectivity index (χ0v) is 20.3. The Morgan fingerprint density at radius 1 is 1.15 bits per heavy atom. The lowest BCUT2D eigenvalue weighted by Crippen LogP contribution is -2.34. The Bertz CT molecular complexity index is 1450. The minimum atomic E-state index is -0.623. The van der Waals surface area contributed by atoms with Crippen molar-refractivity contribution in [2.45, 2.75) is 46.7 Å². The molecule has 4 aromatic heterocycles. The maximum Gasteiger partial charge on any atom is 0.330 e. The molecule has 4 heterocycles. The number of amides is 1. The smallest absolute Gasteiger partial charge is 0.330 e. The minimum absolute atomic E-state index is 0.000257. The summed E-state index contributed by atoms with van der Waals surface area (Å²) >= 11 is 1.44. The van der Waals surface area contributed by atoms with Crippen LogP contribution in [-0.2, 0) is 13.1 Å². The lowest BCUT2D eigenvalue weighted by molar-refractivity contribution is 0.0952. The van der Waals surface area contributed by atoms with Gasteiger partial charge in [0.2, 0.25) is 0 Å². The number of hydrogen-bond donors (Lipinski definition) is 2. The Morgan fingerprint density at radius 3 is 2.56 bits per heavy atom. The second-order valence-corrected chi connectivity index (χ2v) is 9.70. The van der Waals surface area contributed by atoms with Gasteiger partial charge in [0.15, 0.2) is 5.65 Å². The number of carbonyl (C=O) groups excluding carboxylic acids is 1. The van der Waals surface area contributed by atoms with Crippen molar-refractivity contribution < 1.29 is 4.79 Å². The Hall–Kier alpha value is -3.66. The highest BCUT2D eigenvalue weighted by atomic mass is 32.1. The standard InChI is InChI=1S/C24H26N6O3S/c1-13(2)11-30-21-20(23(32)29-24(30)33)16(9-17(28-21)14(3)4)22(31)26-10-19-27-18(12-34-19)15-5-7-25-8-6-15/h5-9,12-14H,10-11H2,1-4H3,(H,26,31)(H,29,32,33). The summed E-state index contributed by atoms with van der Waals surface area (Å²) in [5.74, 6) is -0.275. The lowest BCUT2D eigenvalue weighted by Gasteiger charge is -2.15. The molecular weight excluding hydrogens is 452 g/mol. The van der Waals surface area contributed by atoms with Crippen LogP contribution in [0.2, 0.25) is 0 Å². The van der Waals surface area contributed by atoms with E-state index in [0.717, 1.165) is 16.3 Å². The first-order chi connectivity index (χ1) is 16.2. The van der Waals surface area contributed by atoms with Gasteiger partial charge < -0.3 is 5.32 Å². The molecule has 2 N–H and O–H groups in total. The molecule has 0 aliphatic rings. The molecule has 0 radical (unpaired) electrons. The molecule has 0 saturated carbocycles. The number of carbonyl (C=O) groups is 1. The summed E-state index contributed by atoms with van der Waals surface area (Å²) in [7, 11) is 0. The molecule has 1 amide bonds. The van der Waals surface area contributed by atoms with Crippen LogP contribution in [0, 0.1) is 5.92 Å². The second kappa shape index (κ2) is 9.68. The molecule has 0 aromatic carbocycles. The van der Waals surface area contributed by atoms with Crippen molar-refractivity contribution in [2.24, 2.45) is 5.92 Å². The topological polar surface area (TPSA) is 123 Å². The molecule has 0 fully saturated rings. The predicted octanol–water partition coefficient (Wildman–Crippen LogP) is 3.31. The third-order valence-electron chi connectivity index (χ3n) is 5.28. The van der Waals surface area contributed by atoms with E-state index in [1.54, 1.807) is 18.5 Å². The minimum Gasteiger partial charge on any atom is -0.345 e. The van der Waals surface area contributed by atoms with Crippen LogP contribution in [0.1, 0.15) is 54.7 Å². The van der Waals surface area contributed by atoms with Crippen LogP contribution in [0.3, 0.4) is 0 Å². The highest BCUT2D eigenvalue weighted by Gasteiger charge is 2.21. The van der Waals surface area contributed by atoms with Gasteiger partial charge in [-0.1, -0.05) is 27.7 Å². The molecule has 0 saturated heterocycles. The molecule has 0 atom stereocenters. The number of aromatic amines is 1. The average Bonchev–Trinajstić information content (AvgIpc) is 3.29.